The number of nitrogens with one attached hydrogen (secondary N) is 1. The summed E-state index contributed by atoms with van der Waals surface area (Å²) in [5.41, 5.74) is 0.233. The maximum atomic E-state index is 13.7. The van der Waals surface area contributed by atoms with Crippen LogP contribution in [0.1, 0.15) is 37.3 Å². The molecule has 1 N–H and O–H groups in total. The lowest BCUT2D eigenvalue weighted by Crippen LogP contribution is -2.51. The molecule has 0 fully saturated rings. The molecule has 0 saturated carbocycles. The normalized spacial score (nSPS) is 31.4. The lowest BCUT2D eigenvalue weighted by atomic mass is 9.57. The first-order chi connectivity index (χ1) is 15.3. The van der Waals surface area contributed by atoms with E-state index in [4.69, 9.17) is 4.74 Å². The van der Waals surface area contributed by atoms with Crippen molar-refractivity contribution in [1.82, 2.24) is 5.32 Å². The van der Waals surface area contributed by atoms with E-state index in [-0.39, 0.29) is 24.9 Å². The van der Waals surface area contributed by atoms with Crippen LogP contribution in [0.25, 0.3) is 0 Å². The molecule has 1 aromatic rings. The van der Waals surface area contributed by atoms with Crippen molar-refractivity contribution in [2.45, 2.75) is 37.8 Å². The highest BCUT2D eigenvalue weighted by molar-refractivity contribution is 8.14. The van der Waals surface area contributed by atoms with Gasteiger partial charge < -0.3 is 10.1 Å². The number of aliphatic imine (C=N–C) groups is 2. The number of amidine groups is 1. The molecule has 2 heterocycles. The van der Waals surface area contributed by atoms with Crippen molar-refractivity contribution in [3.05, 3.63) is 59.7 Å². The summed E-state index contributed by atoms with van der Waals surface area (Å²) in [5, 5.41) is 13.5. The van der Waals surface area contributed by atoms with Gasteiger partial charge in [-0.25, -0.2) is 9.79 Å². The van der Waals surface area contributed by atoms with Crippen molar-refractivity contribution in [1.29, 1.82) is 5.26 Å². The van der Waals surface area contributed by atoms with Crippen molar-refractivity contribution in [3.8, 4) is 6.07 Å². The first-order valence-corrected chi connectivity index (χ1v) is 11.4. The molecule has 2 bridgehead atoms. The van der Waals surface area contributed by atoms with Crippen molar-refractivity contribution >= 4 is 35.0 Å². The number of thioether (sulfide) groups is 1. The predicted octanol–water partition coefficient (Wildman–Crippen LogP) is 3.25. The number of benzene rings is 1. The van der Waals surface area contributed by atoms with Gasteiger partial charge in [0.1, 0.15) is 0 Å². The van der Waals surface area contributed by atoms with Crippen LogP contribution in [-0.2, 0) is 19.9 Å². The molecule has 7 nitrogen and oxygen atoms in total. The van der Waals surface area contributed by atoms with E-state index in [9.17, 15) is 14.9 Å². The molecule has 1 amide bonds. The Kier molecular flexibility index (Phi) is 5.78. The lowest BCUT2D eigenvalue weighted by Gasteiger charge is -2.46. The number of hydrogen-bond donors (Lipinski definition) is 1. The highest BCUT2D eigenvalue weighted by Gasteiger charge is 2.55. The van der Waals surface area contributed by atoms with E-state index in [0.29, 0.717) is 10.9 Å². The van der Waals surface area contributed by atoms with E-state index in [1.54, 1.807) is 19.2 Å². The number of carbonyl (C=O) groups excluding carboxylic acids is 2. The minimum absolute atomic E-state index is 0.195. The predicted molar refractivity (Wildman–Crippen MR) is 124 cm³/mol. The Labute approximate surface area is 191 Å². The Morgan fingerprint density at radius 1 is 1.41 bits per heavy atom. The molecule has 4 atom stereocenters. The number of hydrogen-bond acceptors (Lipinski definition) is 7. The van der Waals surface area contributed by atoms with Crippen LogP contribution in [0.5, 0.6) is 0 Å². The molecule has 1 aromatic carbocycles. The van der Waals surface area contributed by atoms with Crippen molar-refractivity contribution < 1.29 is 14.3 Å². The number of carbonyl (C=O) groups is 2. The monoisotopic (exact) mass is 448 g/mol. The average molecular weight is 449 g/mol. The summed E-state index contributed by atoms with van der Waals surface area (Å²) in [6, 6.07) is 9.37. The summed E-state index contributed by atoms with van der Waals surface area (Å²) in [5.74, 6) is -0.605. The summed E-state index contributed by atoms with van der Waals surface area (Å²) >= 11 is 1.31. The Morgan fingerprint density at radius 3 is 2.94 bits per heavy atom. The maximum Gasteiger partial charge on any atom is 0.331 e. The summed E-state index contributed by atoms with van der Waals surface area (Å²) in [7, 11) is 0. The fourth-order valence-electron chi connectivity index (χ4n) is 4.74. The second-order valence-corrected chi connectivity index (χ2v) is 9.27. The van der Waals surface area contributed by atoms with Crippen LogP contribution < -0.4 is 5.32 Å². The molecule has 3 aliphatic rings. The Balaban J connectivity index is 1.73. The van der Waals surface area contributed by atoms with E-state index < -0.39 is 23.0 Å². The van der Waals surface area contributed by atoms with Gasteiger partial charge in [0.05, 0.1) is 18.1 Å². The second-order valence-electron chi connectivity index (χ2n) is 8.27. The zero-order valence-electron chi connectivity index (χ0n) is 18.0. The lowest BCUT2D eigenvalue weighted by molar-refractivity contribution is -0.144. The largest absolute Gasteiger partial charge is 0.464 e. The smallest absolute Gasteiger partial charge is 0.331 e. The summed E-state index contributed by atoms with van der Waals surface area (Å²) in [6.45, 7) is 8.11. The molecular weight excluding hydrogens is 424 g/mol. The third kappa shape index (κ3) is 3.56. The van der Waals surface area contributed by atoms with Crippen molar-refractivity contribution in [3.63, 3.8) is 0 Å². The van der Waals surface area contributed by atoms with Crippen LogP contribution >= 0.6 is 11.8 Å². The van der Waals surface area contributed by atoms with Gasteiger partial charge in [0.25, 0.3) is 0 Å². The number of ether oxygens (including phenoxy) is 1. The molecule has 4 rings (SSSR count). The molecule has 2 aliphatic heterocycles. The van der Waals surface area contributed by atoms with Gasteiger partial charge >= 0.3 is 5.97 Å². The number of esters is 1. The zero-order chi connectivity index (χ0) is 22.9. The molecule has 8 heteroatoms. The number of amides is 1. The minimum atomic E-state index is -1.19. The van der Waals surface area contributed by atoms with Gasteiger partial charge in [-0.2, -0.15) is 5.26 Å². The molecule has 1 aliphatic carbocycles. The summed E-state index contributed by atoms with van der Waals surface area (Å²) in [4.78, 5) is 34.7. The zero-order valence-corrected chi connectivity index (χ0v) is 18.8. The van der Waals surface area contributed by atoms with E-state index in [2.05, 4.69) is 27.9 Å². The van der Waals surface area contributed by atoms with E-state index in [1.807, 2.05) is 37.3 Å². The van der Waals surface area contributed by atoms with Crippen LogP contribution in [0.4, 0.5) is 0 Å². The molecule has 0 radical (unpaired) electrons. The maximum absolute atomic E-state index is 13.7. The quantitative estimate of drug-likeness (QED) is 0.715. The van der Waals surface area contributed by atoms with Gasteiger partial charge in [0, 0.05) is 24.3 Å². The number of nitriles is 1. The van der Waals surface area contributed by atoms with Crippen molar-refractivity contribution in [2.24, 2.45) is 15.4 Å². The number of nitrogens with zero attached hydrogens (tertiary/aromatic N) is 3. The van der Waals surface area contributed by atoms with Crippen LogP contribution in [-0.4, -0.2) is 41.7 Å². The van der Waals surface area contributed by atoms with Crippen LogP contribution in [0.2, 0.25) is 0 Å². The molecule has 32 heavy (non-hydrogen) atoms. The molecule has 0 spiro atoms. The highest BCUT2D eigenvalue weighted by Crippen LogP contribution is 2.56. The van der Waals surface area contributed by atoms with E-state index >= 15 is 0 Å². The fourth-order valence-corrected chi connectivity index (χ4v) is 5.63. The Morgan fingerprint density at radius 2 is 2.19 bits per heavy atom. The fraction of sp³-hybridized carbons (Fsp3) is 0.375. The van der Waals surface area contributed by atoms with Crippen LogP contribution in [0.3, 0.4) is 0 Å². The van der Waals surface area contributed by atoms with Crippen LogP contribution in [0, 0.1) is 16.7 Å². The third-order valence-corrected chi connectivity index (χ3v) is 7.14. The average Bonchev–Trinajstić information content (AvgIpc) is 3.27. The Bertz CT molecular complexity index is 1120. The molecular formula is C24H24N4O3S. The third-order valence-electron chi connectivity index (χ3n) is 6.17. The second kappa shape index (κ2) is 8.40. The van der Waals surface area contributed by atoms with Gasteiger partial charge in [0.15, 0.2) is 16.7 Å². The summed E-state index contributed by atoms with van der Waals surface area (Å²) < 4.78 is 5.04. The SMILES string of the molecule is C=C1/C=C\C=NC2(C#N)CC(C)(C(=O)NC3=NC(C(=O)OCC)CS3)C1c1ccccc12. The standard InChI is InChI=1S/C24H24N4O3S/c1-4-31-20(29)18-12-32-22(27-18)28-21(30)23(3)13-24(14-25)17-10-6-5-9-16(17)19(23)15(2)8-7-11-26-24/h5-11,18-19H,2,4,12-13H2,1,3H3,(H,27,28,30)/b8-7-,26-11?. The Hall–Kier alpha value is -3.18. The summed E-state index contributed by atoms with van der Waals surface area (Å²) in [6.07, 6.45) is 5.41. The first-order valence-electron chi connectivity index (χ1n) is 10.4. The van der Waals surface area contributed by atoms with Gasteiger partial charge in [-0.3, -0.25) is 9.79 Å². The van der Waals surface area contributed by atoms with Gasteiger partial charge in [0.2, 0.25) is 5.91 Å². The number of allylic oxidation sites excluding steroid dienone is 3. The number of rotatable bonds is 3. The van der Waals surface area contributed by atoms with Gasteiger partial charge in [-0.15, -0.1) is 0 Å². The first kappa shape index (κ1) is 22.0. The topological polar surface area (TPSA) is 104 Å². The molecule has 4 unspecified atom stereocenters. The van der Waals surface area contributed by atoms with E-state index in [1.165, 1.54) is 11.8 Å². The van der Waals surface area contributed by atoms with Crippen LogP contribution in [0.15, 0.2) is 58.6 Å². The molecule has 0 saturated heterocycles. The highest BCUT2D eigenvalue weighted by atomic mass is 32.2. The van der Waals surface area contributed by atoms with Gasteiger partial charge in [-0.1, -0.05) is 48.7 Å². The van der Waals surface area contributed by atoms with Gasteiger partial charge in [-0.05, 0) is 36.6 Å². The number of fused-ring (bicyclic) bond motifs is 6. The van der Waals surface area contributed by atoms with Crippen molar-refractivity contribution in [2.75, 3.05) is 12.4 Å². The minimum Gasteiger partial charge on any atom is -0.464 e. The molecule has 0 aromatic heterocycles. The molecule has 164 valence electrons. The van der Waals surface area contributed by atoms with E-state index in [0.717, 1.165) is 16.7 Å².